The maximum Gasteiger partial charge on any atom is 0.439 e. The fourth-order valence-electron chi connectivity index (χ4n) is 4.56. The third-order valence-corrected chi connectivity index (χ3v) is 7.85. The Morgan fingerprint density at radius 3 is 2.45 bits per heavy atom. The highest BCUT2D eigenvalue weighted by atomic mass is 32.1. The topological polar surface area (TPSA) is 140 Å². The van der Waals surface area contributed by atoms with E-state index in [1.54, 1.807) is 4.57 Å². The van der Waals surface area contributed by atoms with Crippen molar-refractivity contribution < 1.29 is 4.52 Å². The summed E-state index contributed by atoms with van der Waals surface area (Å²) in [7, 11) is 0. The van der Waals surface area contributed by atoms with Gasteiger partial charge in [-0.1, -0.05) is 60.6 Å². The van der Waals surface area contributed by atoms with Crippen LogP contribution in [0.3, 0.4) is 0 Å². The second-order valence-corrected chi connectivity index (χ2v) is 10.1. The number of nitrogens with one attached hydrogen (secondary N) is 1. The summed E-state index contributed by atoms with van der Waals surface area (Å²) in [5.41, 5.74) is 2.68. The van der Waals surface area contributed by atoms with Crippen molar-refractivity contribution in [2.45, 2.75) is 19.9 Å². The number of hydrogen-bond donors (Lipinski definition) is 1. The second kappa shape index (κ2) is 10.1. The fourth-order valence-corrected chi connectivity index (χ4v) is 5.64. The summed E-state index contributed by atoms with van der Waals surface area (Å²) in [5.74, 6) is -0.136. The quantitative estimate of drug-likeness (QED) is 0.330. The number of H-pyrrole nitrogens is 1. The number of rotatable bonds is 6. The van der Waals surface area contributed by atoms with Gasteiger partial charge in [-0.25, -0.2) is 19.1 Å². The van der Waals surface area contributed by atoms with Crippen molar-refractivity contribution in [1.29, 1.82) is 5.26 Å². The van der Waals surface area contributed by atoms with Gasteiger partial charge < -0.3 is 0 Å². The number of nitriles is 1. The highest BCUT2D eigenvalue weighted by Crippen LogP contribution is 2.30. The van der Waals surface area contributed by atoms with Crippen LogP contribution in [0.1, 0.15) is 22.9 Å². The number of fused-ring (bicyclic) bond motifs is 1. The van der Waals surface area contributed by atoms with Crippen molar-refractivity contribution in [3.05, 3.63) is 120 Å². The molecule has 0 spiro atoms. The van der Waals surface area contributed by atoms with E-state index >= 15 is 0 Å². The molecule has 6 aromatic rings. The van der Waals surface area contributed by atoms with Crippen LogP contribution < -0.4 is 17.0 Å². The average Bonchev–Trinajstić information content (AvgIpc) is 3.63. The zero-order chi connectivity index (χ0) is 27.8. The molecular weight excluding hydrogens is 528 g/mol. The number of aryl methyl sites for hydroxylation is 1. The Bertz CT molecular complexity index is 2090. The van der Waals surface area contributed by atoms with Gasteiger partial charge in [-0.05, 0) is 41.3 Å². The lowest BCUT2D eigenvalue weighted by Crippen LogP contribution is -2.39. The van der Waals surface area contributed by atoms with Gasteiger partial charge in [-0.3, -0.25) is 18.9 Å². The van der Waals surface area contributed by atoms with Crippen LogP contribution >= 0.6 is 11.3 Å². The van der Waals surface area contributed by atoms with E-state index in [4.69, 9.17) is 5.26 Å². The highest BCUT2D eigenvalue weighted by molar-refractivity contribution is 7.18. The molecule has 4 aromatic heterocycles. The van der Waals surface area contributed by atoms with Crippen LogP contribution in [0.25, 0.3) is 38.5 Å². The molecular formula is C29H20N6O4S. The standard InChI is InChI=1S/C29H20N6O4S/c1-2-20-13-23-26(36)35(24-12-9-18(14-30)15-31-24)29(38)34(27(23)40-20)16-17-7-10-19(11-8-17)21-5-3-4-6-22(21)25-32-28(37)39-33-25/h3-13,15H,2,16H2,1H3,(H,32,33,37). The Labute approximate surface area is 230 Å². The largest absolute Gasteiger partial charge is 0.439 e. The average molecular weight is 549 g/mol. The van der Waals surface area contributed by atoms with Gasteiger partial charge >= 0.3 is 11.4 Å². The summed E-state index contributed by atoms with van der Waals surface area (Å²) in [6.45, 7) is 2.23. The molecule has 196 valence electrons. The Balaban J connectivity index is 1.43. The SMILES string of the molecule is CCc1cc2c(=O)n(-c3ccc(C#N)cn3)c(=O)n(Cc3ccc(-c4ccccc4-c4noc(=O)[nH]4)cc3)c2s1. The monoisotopic (exact) mass is 548 g/mol. The summed E-state index contributed by atoms with van der Waals surface area (Å²) in [6.07, 6.45) is 2.07. The maximum absolute atomic E-state index is 13.7. The molecule has 0 atom stereocenters. The predicted molar refractivity (Wildman–Crippen MR) is 151 cm³/mol. The molecule has 40 heavy (non-hydrogen) atoms. The van der Waals surface area contributed by atoms with Gasteiger partial charge in [0.15, 0.2) is 5.82 Å². The van der Waals surface area contributed by atoms with Gasteiger partial charge in [0.1, 0.15) is 16.7 Å². The molecule has 2 aromatic carbocycles. The third kappa shape index (κ3) is 4.36. The summed E-state index contributed by atoms with van der Waals surface area (Å²) in [5, 5.41) is 13.4. The van der Waals surface area contributed by atoms with E-state index in [2.05, 4.69) is 19.6 Å². The molecule has 0 radical (unpaired) electrons. The first-order valence-electron chi connectivity index (χ1n) is 12.4. The number of hydrogen-bond acceptors (Lipinski definition) is 8. The number of thiophene rings is 1. The first-order chi connectivity index (χ1) is 19.5. The van der Waals surface area contributed by atoms with Crippen LogP contribution in [-0.2, 0) is 13.0 Å². The van der Waals surface area contributed by atoms with E-state index in [9.17, 15) is 14.4 Å². The van der Waals surface area contributed by atoms with Crippen LogP contribution in [0.5, 0.6) is 0 Å². The first-order valence-corrected chi connectivity index (χ1v) is 13.2. The van der Waals surface area contributed by atoms with E-state index in [1.165, 1.54) is 29.7 Å². The van der Waals surface area contributed by atoms with Crippen molar-refractivity contribution in [3.8, 4) is 34.4 Å². The smallest absolute Gasteiger partial charge is 0.296 e. The molecule has 0 aliphatic carbocycles. The zero-order valence-corrected chi connectivity index (χ0v) is 21.9. The summed E-state index contributed by atoms with van der Waals surface area (Å²) < 4.78 is 7.32. The van der Waals surface area contributed by atoms with Crippen LogP contribution in [-0.4, -0.2) is 24.3 Å². The van der Waals surface area contributed by atoms with E-state index < -0.39 is 17.0 Å². The number of aromatic nitrogens is 5. The second-order valence-electron chi connectivity index (χ2n) is 9.00. The number of benzene rings is 2. The van der Waals surface area contributed by atoms with Crippen LogP contribution in [0.15, 0.2) is 91.8 Å². The molecule has 0 unspecified atom stereocenters. The van der Waals surface area contributed by atoms with Crippen molar-refractivity contribution in [1.82, 2.24) is 24.3 Å². The van der Waals surface area contributed by atoms with Gasteiger partial charge in [0.2, 0.25) is 0 Å². The molecule has 4 heterocycles. The Morgan fingerprint density at radius 2 is 1.80 bits per heavy atom. The molecule has 1 N–H and O–H groups in total. The third-order valence-electron chi connectivity index (χ3n) is 6.55. The van der Waals surface area contributed by atoms with Gasteiger partial charge in [0.25, 0.3) is 5.56 Å². The van der Waals surface area contributed by atoms with Crippen LogP contribution in [0, 0.1) is 11.3 Å². The fraction of sp³-hybridized carbons (Fsp3) is 0.103. The lowest BCUT2D eigenvalue weighted by Gasteiger charge is -2.13. The van der Waals surface area contributed by atoms with Crippen molar-refractivity contribution in [2.75, 3.05) is 0 Å². The van der Waals surface area contributed by atoms with Gasteiger partial charge in [0.05, 0.1) is 17.5 Å². The Morgan fingerprint density at radius 1 is 1.02 bits per heavy atom. The van der Waals surface area contributed by atoms with E-state index in [0.29, 0.717) is 27.2 Å². The first kappa shape index (κ1) is 25.0. The minimum Gasteiger partial charge on any atom is -0.296 e. The number of nitrogens with zero attached hydrogens (tertiary/aromatic N) is 5. The summed E-state index contributed by atoms with van der Waals surface area (Å²) >= 11 is 1.42. The number of aromatic amines is 1. The zero-order valence-electron chi connectivity index (χ0n) is 21.1. The molecule has 10 nitrogen and oxygen atoms in total. The lowest BCUT2D eigenvalue weighted by molar-refractivity contribution is 0.388. The van der Waals surface area contributed by atoms with Crippen LogP contribution in [0.4, 0.5) is 0 Å². The molecule has 11 heteroatoms. The molecule has 0 aliphatic rings. The van der Waals surface area contributed by atoms with Gasteiger partial charge in [-0.2, -0.15) is 5.26 Å². The van der Waals surface area contributed by atoms with Crippen molar-refractivity contribution >= 4 is 21.6 Å². The number of pyridine rings is 1. The summed E-state index contributed by atoms with van der Waals surface area (Å²) in [4.78, 5) is 47.0. The van der Waals surface area contributed by atoms with Crippen LogP contribution in [0.2, 0.25) is 0 Å². The lowest BCUT2D eigenvalue weighted by atomic mass is 9.98. The maximum atomic E-state index is 13.7. The minimum absolute atomic E-state index is 0.159. The Kier molecular flexibility index (Phi) is 6.30. The molecule has 0 saturated carbocycles. The molecule has 0 amide bonds. The van der Waals surface area contributed by atoms with Gasteiger partial charge in [0, 0.05) is 16.6 Å². The molecule has 0 saturated heterocycles. The van der Waals surface area contributed by atoms with E-state index in [1.807, 2.05) is 67.6 Å². The highest BCUT2D eigenvalue weighted by Gasteiger charge is 2.19. The molecule has 0 bridgehead atoms. The normalized spacial score (nSPS) is 11.1. The van der Waals surface area contributed by atoms with E-state index in [-0.39, 0.29) is 12.4 Å². The van der Waals surface area contributed by atoms with Crippen molar-refractivity contribution in [3.63, 3.8) is 0 Å². The Hall–Kier alpha value is -5.34. The molecule has 0 aliphatic heterocycles. The van der Waals surface area contributed by atoms with E-state index in [0.717, 1.165) is 32.6 Å². The van der Waals surface area contributed by atoms with Crippen molar-refractivity contribution in [2.24, 2.45) is 0 Å². The summed E-state index contributed by atoms with van der Waals surface area (Å²) in [6, 6.07) is 22.0. The minimum atomic E-state index is -0.630. The van der Waals surface area contributed by atoms with Gasteiger partial charge in [-0.15, -0.1) is 11.3 Å². The predicted octanol–water partition coefficient (Wildman–Crippen LogP) is 4.10. The molecule has 6 rings (SSSR count). The molecule has 0 fully saturated rings.